The second-order valence-corrected chi connectivity index (χ2v) is 7.30. The number of hydrogen-bond acceptors (Lipinski definition) is 5. The van der Waals surface area contributed by atoms with Gasteiger partial charge in [-0.3, -0.25) is 14.5 Å². The number of aliphatic hydroxyl groups excluding tert-OH is 1. The quantitative estimate of drug-likeness (QED) is 0.845. The van der Waals surface area contributed by atoms with Crippen LogP contribution < -0.4 is 5.32 Å². The van der Waals surface area contributed by atoms with Crippen molar-refractivity contribution >= 4 is 28.2 Å². The Morgan fingerprint density at radius 1 is 1.30 bits per heavy atom. The Balaban J connectivity index is 1.61. The van der Waals surface area contributed by atoms with Crippen molar-refractivity contribution in [1.29, 1.82) is 0 Å². The minimum atomic E-state index is 0.0445. The summed E-state index contributed by atoms with van der Waals surface area (Å²) in [6.07, 6.45) is 1.94. The zero-order chi connectivity index (χ0) is 16.4. The average molecular weight is 337 g/mol. The number of aliphatic hydroxyl groups is 1. The minimum Gasteiger partial charge on any atom is -0.395 e. The highest BCUT2D eigenvalue weighted by Gasteiger charge is 2.30. The van der Waals surface area contributed by atoms with Crippen LogP contribution in [0.1, 0.15) is 28.1 Å². The van der Waals surface area contributed by atoms with Crippen LogP contribution in [0.2, 0.25) is 0 Å². The van der Waals surface area contributed by atoms with E-state index in [0.717, 1.165) is 36.5 Å². The summed E-state index contributed by atoms with van der Waals surface area (Å²) < 4.78 is 0. The number of aryl methyl sites for hydroxylation is 1. The van der Waals surface area contributed by atoms with E-state index in [9.17, 15) is 9.59 Å². The highest BCUT2D eigenvalue weighted by atomic mass is 32.1. The Morgan fingerprint density at radius 2 is 2.00 bits per heavy atom. The molecule has 2 fully saturated rings. The Morgan fingerprint density at radius 3 is 2.61 bits per heavy atom. The van der Waals surface area contributed by atoms with Gasteiger partial charge in [0.25, 0.3) is 5.91 Å². The lowest BCUT2D eigenvalue weighted by molar-refractivity contribution is -0.117. The molecule has 0 atom stereocenters. The number of carbonyl (C=O) groups is 2. The SMILES string of the molecule is Cc1cc(NC(=O)C2CC2)sc1C(=O)N1CCN(CCO)CC1. The number of amides is 2. The molecular formula is C16H23N3O3S. The van der Waals surface area contributed by atoms with E-state index in [-0.39, 0.29) is 24.3 Å². The van der Waals surface area contributed by atoms with Gasteiger partial charge in [0.05, 0.1) is 16.5 Å². The van der Waals surface area contributed by atoms with Gasteiger partial charge in [-0.1, -0.05) is 0 Å². The van der Waals surface area contributed by atoms with Crippen molar-refractivity contribution < 1.29 is 14.7 Å². The summed E-state index contributed by atoms with van der Waals surface area (Å²) in [6, 6.07) is 1.89. The van der Waals surface area contributed by atoms with Gasteiger partial charge < -0.3 is 15.3 Å². The summed E-state index contributed by atoms with van der Waals surface area (Å²) in [4.78, 5) is 29.3. The molecule has 0 aromatic carbocycles. The lowest BCUT2D eigenvalue weighted by Gasteiger charge is -2.34. The predicted octanol–water partition coefficient (Wildman–Crippen LogP) is 1.16. The third-order valence-corrected chi connectivity index (χ3v) is 5.52. The first-order valence-electron chi connectivity index (χ1n) is 8.12. The van der Waals surface area contributed by atoms with Gasteiger partial charge in [0, 0.05) is 38.6 Å². The molecule has 1 saturated carbocycles. The minimum absolute atomic E-state index is 0.0445. The van der Waals surface area contributed by atoms with Gasteiger partial charge in [0.15, 0.2) is 0 Å². The number of piperazine rings is 1. The van der Waals surface area contributed by atoms with Gasteiger partial charge in [0.1, 0.15) is 0 Å². The van der Waals surface area contributed by atoms with Crippen molar-refractivity contribution in [3.8, 4) is 0 Å². The van der Waals surface area contributed by atoms with Gasteiger partial charge >= 0.3 is 0 Å². The first kappa shape index (κ1) is 16.4. The molecule has 6 nitrogen and oxygen atoms in total. The molecule has 3 rings (SSSR count). The maximum atomic E-state index is 12.7. The van der Waals surface area contributed by atoms with Crippen LogP contribution in [-0.2, 0) is 4.79 Å². The van der Waals surface area contributed by atoms with E-state index < -0.39 is 0 Å². The summed E-state index contributed by atoms with van der Waals surface area (Å²) in [7, 11) is 0. The second kappa shape index (κ2) is 6.98. The van der Waals surface area contributed by atoms with Crippen molar-refractivity contribution in [2.45, 2.75) is 19.8 Å². The van der Waals surface area contributed by atoms with Crippen LogP contribution >= 0.6 is 11.3 Å². The molecule has 2 aliphatic rings. The largest absolute Gasteiger partial charge is 0.395 e. The predicted molar refractivity (Wildman–Crippen MR) is 89.8 cm³/mol. The standard InChI is InChI=1S/C16H23N3O3S/c1-11-10-13(17-15(21)12-2-3-12)23-14(11)16(22)19-6-4-18(5-7-19)8-9-20/h10,12,20H,2-9H2,1H3,(H,17,21). The van der Waals surface area contributed by atoms with E-state index in [2.05, 4.69) is 10.2 Å². The van der Waals surface area contributed by atoms with E-state index in [1.54, 1.807) is 0 Å². The third kappa shape index (κ3) is 3.91. The molecule has 0 unspecified atom stereocenters. The van der Waals surface area contributed by atoms with Crippen LogP contribution in [0, 0.1) is 12.8 Å². The van der Waals surface area contributed by atoms with E-state index in [1.165, 1.54) is 11.3 Å². The summed E-state index contributed by atoms with van der Waals surface area (Å²) >= 11 is 1.37. The number of thiophene rings is 1. The van der Waals surface area contributed by atoms with Crippen LogP contribution in [0.4, 0.5) is 5.00 Å². The lowest BCUT2D eigenvalue weighted by atomic mass is 10.2. The van der Waals surface area contributed by atoms with Gasteiger partial charge in [-0.2, -0.15) is 0 Å². The Kier molecular flexibility index (Phi) is 4.99. The first-order chi connectivity index (χ1) is 11.1. The smallest absolute Gasteiger partial charge is 0.264 e. The number of nitrogens with one attached hydrogen (secondary N) is 1. The zero-order valence-corrected chi connectivity index (χ0v) is 14.2. The number of rotatable bonds is 5. The fraction of sp³-hybridized carbons (Fsp3) is 0.625. The topological polar surface area (TPSA) is 72.9 Å². The molecule has 0 spiro atoms. The summed E-state index contributed by atoms with van der Waals surface area (Å²) in [6.45, 7) is 5.68. The van der Waals surface area contributed by atoms with Crippen molar-refractivity contribution in [3.05, 3.63) is 16.5 Å². The van der Waals surface area contributed by atoms with Gasteiger partial charge in [-0.05, 0) is 31.4 Å². The molecule has 1 aliphatic carbocycles. The molecule has 1 aliphatic heterocycles. The number of anilines is 1. The van der Waals surface area contributed by atoms with Crippen molar-refractivity contribution in [3.63, 3.8) is 0 Å². The number of β-amino-alcohol motifs (C(OH)–C–C–N with tert-alkyl or cyclic N) is 1. The second-order valence-electron chi connectivity index (χ2n) is 6.24. The lowest BCUT2D eigenvalue weighted by Crippen LogP contribution is -2.49. The van der Waals surface area contributed by atoms with Crippen LogP contribution in [-0.4, -0.2) is 66.1 Å². The average Bonchev–Trinajstić information content (AvgIpc) is 3.32. The molecule has 2 amide bonds. The van der Waals surface area contributed by atoms with E-state index in [0.29, 0.717) is 24.5 Å². The highest BCUT2D eigenvalue weighted by Crippen LogP contribution is 2.33. The van der Waals surface area contributed by atoms with Crippen LogP contribution in [0.3, 0.4) is 0 Å². The number of nitrogens with zero attached hydrogens (tertiary/aromatic N) is 2. The molecule has 1 saturated heterocycles. The Hall–Kier alpha value is -1.44. The molecule has 1 aromatic heterocycles. The number of carbonyl (C=O) groups excluding carboxylic acids is 2. The van der Waals surface area contributed by atoms with Crippen LogP contribution in [0.25, 0.3) is 0 Å². The maximum absolute atomic E-state index is 12.7. The highest BCUT2D eigenvalue weighted by molar-refractivity contribution is 7.18. The molecule has 126 valence electrons. The van der Waals surface area contributed by atoms with E-state index in [1.807, 2.05) is 17.9 Å². The van der Waals surface area contributed by atoms with E-state index >= 15 is 0 Å². The Labute approximate surface area is 140 Å². The molecule has 7 heteroatoms. The van der Waals surface area contributed by atoms with Gasteiger partial charge in [-0.25, -0.2) is 0 Å². The summed E-state index contributed by atoms with van der Waals surface area (Å²) in [5.41, 5.74) is 0.920. The molecule has 2 N–H and O–H groups in total. The summed E-state index contributed by atoms with van der Waals surface area (Å²) in [5.74, 6) is 0.280. The molecule has 2 heterocycles. The monoisotopic (exact) mass is 337 g/mol. The third-order valence-electron chi connectivity index (χ3n) is 4.38. The molecular weight excluding hydrogens is 314 g/mol. The van der Waals surface area contributed by atoms with Crippen molar-refractivity contribution in [2.75, 3.05) is 44.6 Å². The molecule has 23 heavy (non-hydrogen) atoms. The van der Waals surface area contributed by atoms with Gasteiger partial charge in [0.2, 0.25) is 5.91 Å². The molecule has 0 radical (unpaired) electrons. The van der Waals surface area contributed by atoms with Gasteiger partial charge in [-0.15, -0.1) is 11.3 Å². The first-order valence-corrected chi connectivity index (χ1v) is 8.94. The van der Waals surface area contributed by atoms with Crippen molar-refractivity contribution in [1.82, 2.24) is 9.80 Å². The fourth-order valence-corrected chi connectivity index (χ4v) is 3.83. The fourth-order valence-electron chi connectivity index (χ4n) is 2.78. The molecule has 0 bridgehead atoms. The van der Waals surface area contributed by atoms with E-state index in [4.69, 9.17) is 5.11 Å². The molecule has 1 aromatic rings. The Bertz CT molecular complexity index is 589. The zero-order valence-electron chi connectivity index (χ0n) is 13.4. The van der Waals surface area contributed by atoms with Crippen LogP contribution in [0.15, 0.2) is 6.07 Å². The normalized spacial score (nSPS) is 19.0. The number of hydrogen-bond donors (Lipinski definition) is 2. The van der Waals surface area contributed by atoms with Crippen molar-refractivity contribution in [2.24, 2.45) is 5.92 Å². The maximum Gasteiger partial charge on any atom is 0.264 e. The van der Waals surface area contributed by atoms with Crippen LogP contribution in [0.5, 0.6) is 0 Å². The summed E-state index contributed by atoms with van der Waals surface area (Å²) in [5, 5.41) is 12.7.